The van der Waals surface area contributed by atoms with Crippen molar-refractivity contribution in [3.63, 3.8) is 0 Å². The van der Waals surface area contributed by atoms with E-state index in [-0.39, 0.29) is 5.91 Å². The van der Waals surface area contributed by atoms with Crippen molar-refractivity contribution in [2.24, 2.45) is 0 Å². The van der Waals surface area contributed by atoms with Crippen molar-refractivity contribution >= 4 is 44.2 Å². The second-order valence-corrected chi connectivity index (χ2v) is 8.79. The first-order valence-corrected chi connectivity index (χ1v) is 11.0. The molecule has 2 aromatic carbocycles. The van der Waals surface area contributed by atoms with Gasteiger partial charge in [0.25, 0.3) is 5.91 Å². The molecule has 1 aromatic heterocycles. The van der Waals surface area contributed by atoms with Crippen LogP contribution in [0.15, 0.2) is 36.4 Å². The number of anilines is 1. The summed E-state index contributed by atoms with van der Waals surface area (Å²) in [7, 11) is 0. The van der Waals surface area contributed by atoms with E-state index in [1.807, 2.05) is 50.2 Å². The van der Waals surface area contributed by atoms with Gasteiger partial charge >= 0.3 is 0 Å². The number of thiazole rings is 1. The molecule has 1 fully saturated rings. The lowest BCUT2D eigenvalue weighted by Gasteiger charge is -2.29. The first kappa shape index (κ1) is 20.3. The predicted octanol–water partition coefficient (Wildman–Crippen LogP) is 4.55. The molecule has 29 heavy (non-hydrogen) atoms. The third-order valence-corrected chi connectivity index (χ3v) is 6.40. The topological polar surface area (TPSA) is 45.7 Å². The Hall–Kier alpha value is -1.99. The molecule has 0 bridgehead atoms. The van der Waals surface area contributed by atoms with Gasteiger partial charge in [0.1, 0.15) is 0 Å². The zero-order valence-electron chi connectivity index (χ0n) is 16.7. The molecule has 0 N–H and O–H groups in total. The first-order chi connectivity index (χ1) is 14.0. The third-order valence-electron chi connectivity index (χ3n) is 5.16. The SMILES string of the molecule is Cc1ccc(C(=O)N(CCN2CCOCC2)c2nc3c(C)cc(Cl)cc3s2)cc1. The Labute approximate surface area is 179 Å². The van der Waals surface area contributed by atoms with Crippen molar-refractivity contribution in [2.45, 2.75) is 13.8 Å². The highest BCUT2D eigenvalue weighted by molar-refractivity contribution is 7.22. The van der Waals surface area contributed by atoms with Gasteiger partial charge in [-0.3, -0.25) is 14.6 Å². The summed E-state index contributed by atoms with van der Waals surface area (Å²) in [5.41, 5.74) is 3.73. The lowest BCUT2D eigenvalue weighted by atomic mass is 10.1. The van der Waals surface area contributed by atoms with Crippen molar-refractivity contribution in [2.75, 3.05) is 44.3 Å². The highest BCUT2D eigenvalue weighted by Crippen LogP contribution is 2.33. The van der Waals surface area contributed by atoms with E-state index >= 15 is 0 Å². The molecule has 2 heterocycles. The number of fused-ring (bicyclic) bond motifs is 1. The Balaban J connectivity index is 1.66. The van der Waals surface area contributed by atoms with Gasteiger partial charge in [0, 0.05) is 36.8 Å². The molecule has 1 amide bonds. The van der Waals surface area contributed by atoms with Crippen LogP contribution < -0.4 is 4.90 Å². The summed E-state index contributed by atoms with van der Waals surface area (Å²) in [5.74, 6) is -0.0268. The largest absolute Gasteiger partial charge is 0.379 e. The fourth-order valence-corrected chi connectivity index (χ4v) is 4.91. The van der Waals surface area contributed by atoms with Crippen molar-refractivity contribution in [1.82, 2.24) is 9.88 Å². The molecule has 7 heteroatoms. The van der Waals surface area contributed by atoms with Crippen LogP contribution in [0.5, 0.6) is 0 Å². The zero-order valence-corrected chi connectivity index (χ0v) is 18.2. The lowest BCUT2D eigenvalue weighted by molar-refractivity contribution is 0.0391. The molecule has 5 nitrogen and oxygen atoms in total. The number of amides is 1. The van der Waals surface area contributed by atoms with Crippen LogP contribution in [0.25, 0.3) is 10.2 Å². The van der Waals surface area contributed by atoms with E-state index in [4.69, 9.17) is 21.3 Å². The number of rotatable bonds is 5. The van der Waals surface area contributed by atoms with Gasteiger partial charge in [0.2, 0.25) is 0 Å². The third kappa shape index (κ3) is 4.61. The van der Waals surface area contributed by atoms with E-state index in [0.29, 0.717) is 22.3 Å². The minimum atomic E-state index is -0.0268. The minimum absolute atomic E-state index is 0.0268. The quantitative estimate of drug-likeness (QED) is 0.597. The Bertz CT molecular complexity index is 1010. The number of ether oxygens (including phenoxy) is 1. The van der Waals surface area contributed by atoms with E-state index in [1.54, 1.807) is 4.90 Å². The van der Waals surface area contributed by atoms with Crippen LogP contribution in [0.4, 0.5) is 5.13 Å². The summed E-state index contributed by atoms with van der Waals surface area (Å²) in [6, 6.07) is 11.5. The van der Waals surface area contributed by atoms with Crippen LogP contribution >= 0.6 is 22.9 Å². The number of carbonyl (C=O) groups excluding carboxylic acids is 1. The van der Waals surface area contributed by atoms with Crippen molar-refractivity contribution in [3.8, 4) is 0 Å². The molecule has 1 aliphatic rings. The zero-order chi connectivity index (χ0) is 20.4. The minimum Gasteiger partial charge on any atom is -0.379 e. The Morgan fingerprint density at radius 2 is 1.93 bits per heavy atom. The van der Waals surface area contributed by atoms with Gasteiger partial charge in [-0.15, -0.1) is 0 Å². The summed E-state index contributed by atoms with van der Waals surface area (Å²) in [5, 5.41) is 1.40. The van der Waals surface area contributed by atoms with Gasteiger partial charge in [0.15, 0.2) is 5.13 Å². The van der Waals surface area contributed by atoms with Crippen LogP contribution in [0.2, 0.25) is 5.02 Å². The van der Waals surface area contributed by atoms with Crippen LogP contribution in [0.3, 0.4) is 0 Å². The molecule has 3 aromatic rings. The fraction of sp³-hybridized carbons (Fsp3) is 0.364. The highest BCUT2D eigenvalue weighted by Gasteiger charge is 2.23. The number of hydrogen-bond donors (Lipinski definition) is 0. The normalized spacial score (nSPS) is 15.0. The maximum atomic E-state index is 13.4. The Kier molecular flexibility index (Phi) is 6.15. The summed E-state index contributed by atoms with van der Waals surface area (Å²) >= 11 is 7.74. The molecule has 4 rings (SSSR count). The van der Waals surface area contributed by atoms with Crippen LogP contribution in [-0.2, 0) is 4.74 Å². The van der Waals surface area contributed by atoms with Crippen LogP contribution in [0, 0.1) is 13.8 Å². The standard InChI is InChI=1S/C22H24ClN3O2S/c1-15-3-5-17(6-4-15)21(27)26(8-7-25-9-11-28-12-10-25)22-24-20-16(2)13-18(23)14-19(20)29-22/h3-6,13-14H,7-12H2,1-2H3. The van der Waals surface area contributed by atoms with E-state index in [1.165, 1.54) is 11.3 Å². The highest BCUT2D eigenvalue weighted by atomic mass is 35.5. The molecule has 0 radical (unpaired) electrons. The molecule has 0 atom stereocenters. The number of benzene rings is 2. The molecular weight excluding hydrogens is 406 g/mol. The Morgan fingerprint density at radius 1 is 1.21 bits per heavy atom. The number of nitrogens with zero attached hydrogens (tertiary/aromatic N) is 3. The second-order valence-electron chi connectivity index (χ2n) is 7.34. The predicted molar refractivity (Wildman–Crippen MR) is 119 cm³/mol. The maximum Gasteiger partial charge on any atom is 0.260 e. The number of aryl methyl sites for hydroxylation is 2. The Morgan fingerprint density at radius 3 is 2.66 bits per heavy atom. The number of aromatic nitrogens is 1. The van der Waals surface area contributed by atoms with Crippen LogP contribution in [-0.4, -0.2) is 55.2 Å². The van der Waals surface area contributed by atoms with Gasteiger partial charge in [-0.2, -0.15) is 0 Å². The molecular formula is C22H24ClN3O2S. The molecule has 0 aliphatic carbocycles. The number of morpholine rings is 1. The van der Waals surface area contributed by atoms with Gasteiger partial charge < -0.3 is 4.74 Å². The second kappa shape index (κ2) is 8.79. The van der Waals surface area contributed by atoms with Crippen molar-refractivity contribution in [1.29, 1.82) is 0 Å². The average Bonchev–Trinajstić information content (AvgIpc) is 3.13. The van der Waals surface area contributed by atoms with Crippen molar-refractivity contribution in [3.05, 3.63) is 58.1 Å². The van der Waals surface area contributed by atoms with Gasteiger partial charge in [-0.1, -0.05) is 40.6 Å². The maximum absolute atomic E-state index is 13.4. The summed E-state index contributed by atoms with van der Waals surface area (Å²) in [6.07, 6.45) is 0. The summed E-state index contributed by atoms with van der Waals surface area (Å²) in [4.78, 5) is 22.3. The van der Waals surface area contributed by atoms with E-state index in [0.717, 1.165) is 54.2 Å². The molecule has 0 saturated carbocycles. The molecule has 1 saturated heterocycles. The number of hydrogen-bond acceptors (Lipinski definition) is 5. The fourth-order valence-electron chi connectivity index (χ4n) is 3.46. The summed E-state index contributed by atoms with van der Waals surface area (Å²) in [6.45, 7) is 8.65. The van der Waals surface area contributed by atoms with Crippen LogP contribution in [0.1, 0.15) is 21.5 Å². The van der Waals surface area contributed by atoms with E-state index < -0.39 is 0 Å². The monoisotopic (exact) mass is 429 g/mol. The average molecular weight is 430 g/mol. The lowest BCUT2D eigenvalue weighted by Crippen LogP contribution is -2.43. The number of halogens is 1. The van der Waals surface area contributed by atoms with E-state index in [2.05, 4.69) is 4.90 Å². The molecule has 152 valence electrons. The smallest absolute Gasteiger partial charge is 0.260 e. The molecule has 1 aliphatic heterocycles. The van der Waals surface area contributed by atoms with Crippen molar-refractivity contribution < 1.29 is 9.53 Å². The summed E-state index contributed by atoms with van der Waals surface area (Å²) < 4.78 is 6.44. The molecule has 0 spiro atoms. The van der Waals surface area contributed by atoms with Gasteiger partial charge in [0.05, 0.1) is 23.4 Å². The molecule has 0 unspecified atom stereocenters. The van der Waals surface area contributed by atoms with E-state index in [9.17, 15) is 4.79 Å². The first-order valence-electron chi connectivity index (χ1n) is 9.76. The van der Waals surface area contributed by atoms with Gasteiger partial charge in [-0.25, -0.2) is 4.98 Å². The number of carbonyl (C=O) groups is 1. The van der Waals surface area contributed by atoms with Gasteiger partial charge in [-0.05, 0) is 43.7 Å².